The van der Waals surface area contributed by atoms with Gasteiger partial charge in [0.15, 0.2) is 5.58 Å². The number of hydrogen-bond donors (Lipinski definition) is 0. The number of para-hydroxylation sites is 2. The molecule has 248 valence electrons. The summed E-state index contributed by atoms with van der Waals surface area (Å²) in [5.41, 5.74) is 16.4. The molecule has 0 aliphatic heterocycles. The number of aryl methyl sites for hydroxylation is 1. The van der Waals surface area contributed by atoms with Gasteiger partial charge in [0, 0.05) is 22.1 Å². The quantitative estimate of drug-likeness (QED) is 0.181. The monoisotopic (exact) mass is 675 g/mol. The zero-order valence-electron chi connectivity index (χ0n) is 29.2. The standard InChI is InChI=1S/C51H33NO/c1-32-21-24-42-41-19-11-12-20-49(41)53-51(42)50(32)52(39-17-9-4-10-18-39)40-23-22-35-26-45-46(29-36(35)25-40)48-31-38-28-44(34-15-7-3-8-16-34)43(27-37(38)30-47(45)48)33-13-5-2-6-14-33/h2-31H,1H3. The minimum absolute atomic E-state index is 0.901. The van der Waals surface area contributed by atoms with Crippen LogP contribution in [-0.4, -0.2) is 0 Å². The molecule has 0 bridgehead atoms. The lowest BCUT2D eigenvalue weighted by Crippen LogP contribution is -2.11. The van der Waals surface area contributed by atoms with Gasteiger partial charge >= 0.3 is 0 Å². The third-order valence-corrected chi connectivity index (χ3v) is 11.0. The highest BCUT2D eigenvalue weighted by Crippen LogP contribution is 2.52. The average molecular weight is 676 g/mol. The van der Waals surface area contributed by atoms with Crippen molar-refractivity contribution in [2.45, 2.75) is 6.92 Å². The molecule has 0 saturated heterocycles. The largest absolute Gasteiger partial charge is 0.454 e. The van der Waals surface area contributed by atoms with Crippen LogP contribution in [0.2, 0.25) is 0 Å². The van der Waals surface area contributed by atoms with Crippen LogP contribution in [0.3, 0.4) is 0 Å². The molecule has 2 heteroatoms. The second-order valence-corrected chi connectivity index (χ2v) is 14.2. The Labute approximate surface area is 307 Å². The van der Waals surface area contributed by atoms with Crippen LogP contribution in [-0.2, 0) is 0 Å². The molecule has 53 heavy (non-hydrogen) atoms. The first kappa shape index (κ1) is 29.8. The lowest BCUT2D eigenvalue weighted by atomic mass is 9.77. The Kier molecular flexibility index (Phi) is 6.50. The van der Waals surface area contributed by atoms with Crippen molar-refractivity contribution in [3.05, 3.63) is 188 Å². The Balaban J connectivity index is 1.06. The molecule has 1 aliphatic rings. The fourth-order valence-corrected chi connectivity index (χ4v) is 8.45. The van der Waals surface area contributed by atoms with Gasteiger partial charge in [-0.1, -0.05) is 115 Å². The molecule has 1 heterocycles. The van der Waals surface area contributed by atoms with E-state index in [1.54, 1.807) is 0 Å². The van der Waals surface area contributed by atoms with Gasteiger partial charge in [0.2, 0.25) is 0 Å². The molecule has 0 saturated carbocycles. The van der Waals surface area contributed by atoms with Gasteiger partial charge < -0.3 is 9.32 Å². The van der Waals surface area contributed by atoms with Gasteiger partial charge in [-0.3, -0.25) is 0 Å². The van der Waals surface area contributed by atoms with E-state index in [4.69, 9.17) is 4.42 Å². The SMILES string of the molecule is Cc1ccc2c(oc3ccccc32)c1N(c1ccccc1)c1ccc2cc3c(cc2c1)-c1cc2cc(-c4ccccc4)c(-c4ccccc4)cc2cc1-3. The molecule has 0 unspecified atom stereocenters. The maximum atomic E-state index is 6.62. The molecule has 2 nitrogen and oxygen atoms in total. The zero-order valence-corrected chi connectivity index (χ0v) is 29.2. The van der Waals surface area contributed by atoms with Gasteiger partial charge in [0.25, 0.3) is 0 Å². The van der Waals surface area contributed by atoms with Crippen molar-refractivity contribution >= 4 is 60.5 Å². The summed E-state index contributed by atoms with van der Waals surface area (Å²) in [7, 11) is 0. The van der Waals surface area contributed by atoms with Gasteiger partial charge in [0.05, 0.1) is 5.69 Å². The first-order valence-electron chi connectivity index (χ1n) is 18.3. The Bertz CT molecular complexity index is 3050. The topological polar surface area (TPSA) is 16.4 Å². The summed E-state index contributed by atoms with van der Waals surface area (Å²) in [5, 5.41) is 7.22. The fourth-order valence-electron chi connectivity index (χ4n) is 8.45. The van der Waals surface area contributed by atoms with Crippen molar-refractivity contribution in [2.24, 2.45) is 0 Å². The van der Waals surface area contributed by atoms with Crippen LogP contribution < -0.4 is 4.90 Å². The van der Waals surface area contributed by atoms with Crippen LogP contribution in [0.1, 0.15) is 5.56 Å². The van der Waals surface area contributed by atoms with Crippen molar-refractivity contribution in [2.75, 3.05) is 4.90 Å². The highest BCUT2D eigenvalue weighted by molar-refractivity contribution is 6.14. The number of hydrogen-bond acceptors (Lipinski definition) is 2. The van der Waals surface area contributed by atoms with E-state index in [9.17, 15) is 0 Å². The molecule has 9 aromatic carbocycles. The average Bonchev–Trinajstić information content (AvgIpc) is 3.60. The summed E-state index contributed by atoms with van der Waals surface area (Å²) in [6.07, 6.45) is 0. The number of furan rings is 1. The summed E-state index contributed by atoms with van der Waals surface area (Å²) in [6, 6.07) is 66.0. The normalized spacial score (nSPS) is 11.9. The van der Waals surface area contributed by atoms with E-state index in [1.807, 2.05) is 6.07 Å². The van der Waals surface area contributed by atoms with Crippen LogP contribution in [0.15, 0.2) is 186 Å². The van der Waals surface area contributed by atoms with Crippen LogP contribution >= 0.6 is 0 Å². The van der Waals surface area contributed by atoms with E-state index in [-0.39, 0.29) is 0 Å². The first-order valence-corrected chi connectivity index (χ1v) is 18.3. The van der Waals surface area contributed by atoms with E-state index >= 15 is 0 Å². The number of benzene rings is 9. The zero-order chi connectivity index (χ0) is 35.0. The lowest BCUT2D eigenvalue weighted by molar-refractivity contribution is 0.668. The molecule has 0 fully saturated rings. The highest BCUT2D eigenvalue weighted by atomic mass is 16.3. The van der Waals surface area contributed by atoms with Crippen molar-refractivity contribution in [3.8, 4) is 44.5 Å². The second-order valence-electron chi connectivity index (χ2n) is 14.2. The van der Waals surface area contributed by atoms with Gasteiger partial charge in [-0.2, -0.15) is 0 Å². The molecule has 0 atom stereocenters. The summed E-state index contributed by atoms with van der Waals surface area (Å²) in [5.74, 6) is 0. The smallest absolute Gasteiger partial charge is 0.159 e. The Morgan fingerprint density at radius 1 is 0.377 bits per heavy atom. The molecule has 0 spiro atoms. The molecule has 0 radical (unpaired) electrons. The maximum absolute atomic E-state index is 6.62. The van der Waals surface area contributed by atoms with Crippen molar-refractivity contribution in [1.29, 1.82) is 0 Å². The van der Waals surface area contributed by atoms with Gasteiger partial charge in [-0.15, -0.1) is 0 Å². The van der Waals surface area contributed by atoms with E-state index in [0.29, 0.717) is 0 Å². The highest BCUT2D eigenvalue weighted by Gasteiger charge is 2.26. The molecule has 1 aliphatic carbocycles. The molecule has 0 N–H and O–H groups in total. The summed E-state index contributed by atoms with van der Waals surface area (Å²) < 4.78 is 6.62. The number of anilines is 3. The number of rotatable bonds is 5. The van der Waals surface area contributed by atoms with Crippen LogP contribution in [0.25, 0.3) is 88.0 Å². The van der Waals surface area contributed by atoms with Gasteiger partial charge in [-0.05, 0) is 145 Å². The van der Waals surface area contributed by atoms with Gasteiger partial charge in [-0.25, -0.2) is 0 Å². The fraction of sp³-hybridized carbons (Fsp3) is 0.0196. The Hall–Kier alpha value is -6.90. The Morgan fingerprint density at radius 3 is 1.51 bits per heavy atom. The third-order valence-electron chi connectivity index (χ3n) is 11.0. The van der Waals surface area contributed by atoms with E-state index in [2.05, 4.69) is 188 Å². The predicted molar refractivity (Wildman–Crippen MR) is 223 cm³/mol. The van der Waals surface area contributed by atoms with Crippen LogP contribution in [0.4, 0.5) is 17.1 Å². The molecule has 10 aromatic rings. The molecule has 1 aromatic heterocycles. The van der Waals surface area contributed by atoms with Crippen molar-refractivity contribution in [3.63, 3.8) is 0 Å². The second kappa shape index (κ2) is 11.6. The van der Waals surface area contributed by atoms with Crippen LogP contribution in [0.5, 0.6) is 0 Å². The molecule has 0 amide bonds. The minimum atomic E-state index is 0.901. The van der Waals surface area contributed by atoms with E-state index in [1.165, 1.54) is 66.1 Å². The predicted octanol–water partition coefficient (Wildman–Crippen LogP) is 14.7. The number of fused-ring (bicyclic) bond motifs is 9. The Morgan fingerprint density at radius 2 is 0.887 bits per heavy atom. The number of nitrogens with zero attached hydrogens (tertiary/aromatic N) is 1. The first-order chi connectivity index (χ1) is 26.2. The maximum Gasteiger partial charge on any atom is 0.159 e. The summed E-state index contributed by atoms with van der Waals surface area (Å²) >= 11 is 0. The van der Waals surface area contributed by atoms with E-state index in [0.717, 1.165) is 44.6 Å². The lowest BCUT2D eigenvalue weighted by Gasteiger charge is -2.28. The molecular formula is C51H33NO. The van der Waals surface area contributed by atoms with E-state index < -0.39 is 0 Å². The van der Waals surface area contributed by atoms with Crippen molar-refractivity contribution < 1.29 is 4.42 Å². The minimum Gasteiger partial charge on any atom is -0.454 e. The van der Waals surface area contributed by atoms with Crippen molar-refractivity contribution in [1.82, 2.24) is 0 Å². The molecule has 11 rings (SSSR count). The molecular weight excluding hydrogens is 643 g/mol. The summed E-state index contributed by atoms with van der Waals surface area (Å²) in [4.78, 5) is 2.36. The van der Waals surface area contributed by atoms with Gasteiger partial charge in [0.1, 0.15) is 5.58 Å². The van der Waals surface area contributed by atoms with Crippen LogP contribution in [0, 0.1) is 6.92 Å². The third kappa shape index (κ3) is 4.66. The summed E-state index contributed by atoms with van der Waals surface area (Å²) in [6.45, 7) is 2.18.